The third kappa shape index (κ3) is 3.86. The summed E-state index contributed by atoms with van der Waals surface area (Å²) in [5, 5.41) is 3.33. The summed E-state index contributed by atoms with van der Waals surface area (Å²) in [6.07, 6.45) is 7.07. The maximum absolute atomic E-state index is 4.63. The first-order chi connectivity index (χ1) is 8.54. The monoisotopic (exact) mass is 248 g/mol. The lowest BCUT2D eigenvalue weighted by molar-refractivity contribution is 0.625. The van der Waals surface area contributed by atoms with Crippen LogP contribution in [0.5, 0.6) is 0 Å². The SMILES string of the molecule is CC(C)(C)Nc1nccc(N2CCCCCC2)n1. The lowest BCUT2D eigenvalue weighted by Crippen LogP contribution is -2.29. The fraction of sp³-hybridized carbons (Fsp3) is 0.714. The van der Waals surface area contributed by atoms with Crippen LogP contribution in [0, 0.1) is 0 Å². The summed E-state index contributed by atoms with van der Waals surface area (Å²) >= 11 is 0. The zero-order valence-electron chi connectivity index (χ0n) is 11.7. The van der Waals surface area contributed by atoms with Gasteiger partial charge in [0.15, 0.2) is 0 Å². The molecule has 1 aromatic heterocycles. The first-order valence-electron chi connectivity index (χ1n) is 6.91. The molecule has 1 saturated heterocycles. The van der Waals surface area contributed by atoms with Crippen molar-refractivity contribution in [1.29, 1.82) is 0 Å². The number of hydrogen-bond acceptors (Lipinski definition) is 4. The van der Waals surface area contributed by atoms with E-state index >= 15 is 0 Å². The van der Waals surface area contributed by atoms with Crippen LogP contribution in [-0.4, -0.2) is 28.6 Å². The van der Waals surface area contributed by atoms with Crippen molar-refractivity contribution in [1.82, 2.24) is 9.97 Å². The summed E-state index contributed by atoms with van der Waals surface area (Å²) in [5.74, 6) is 1.78. The molecule has 4 nitrogen and oxygen atoms in total. The quantitative estimate of drug-likeness (QED) is 0.873. The number of rotatable bonds is 2. The van der Waals surface area contributed by atoms with Crippen molar-refractivity contribution >= 4 is 11.8 Å². The highest BCUT2D eigenvalue weighted by Gasteiger charge is 2.14. The molecule has 0 radical (unpaired) electrons. The molecule has 0 amide bonds. The van der Waals surface area contributed by atoms with Crippen LogP contribution in [0.15, 0.2) is 12.3 Å². The van der Waals surface area contributed by atoms with E-state index in [9.17, 15) is 0 Å². The van der Waals surface area contributed by atoms with Crippen LogP contribution in [-0.2, 0) is 0 Å². The van der Waals surface area contributed by atoms with E-state index in [1.165, 1.54) is 25.7 Å². The predicted molar refractivity (Wildman–Crippen MR) is 76.1 cm³/mol. The minimum absolute atomic E-state index is 0.00257. The summed E-state index contributed by atoms with van der Waals surface area (Å²) in [6, 6.07) is 2.01. The zero-order valence-corrected chi connectivity index (χ0v) is 11.7. The highest BCUT2D eigenvalue weighted by molar-refractivity contribution is 5.43. The van der Waals surface area contributed by atoms with Crippen molar-refractivity contribution in [2.45, 2.75) is 52.0 Å². The molecule has 0 aliphatic carbocycles. The molecule has 100 valence electrons. The maximum Gasteiger partial charge on any atom is 0.225 e. The largest absolute Gasteiger partial charge is 0.356 e. The van der Waals surface area contributed by atoms with Gasteiger partial charge in [0.05, 0.1) is 0 Å². The number of anilines is 2. The molecular weight excluding hydrogens is 224 g/mol. The average molecular weight is 248 g/mol. The zero-order chi connectivity index (χ0) is 13.0. The molecule has 0 spiro atoms. The van der Waals surface area contributed by atoms with Gasteiger partial charge in [-0.05, 0) is 39.7 Å². The molecule has 1 aliphatic heterocycles. The Morgan fingerprint density at radius 1 is 1.11 bits per heavy atom. The highest BCUT2D eigenvalue weighted by Crippen LogP contribution is 2.19. The Morgan fingerprint density at radius 2 is 1.78 bits per heavy atom. The van der Waals surface area contributed by atoms with Crippen molar-refractivity contribution in [3.05, 3.63) is 12.3 Å². The van der Waals surface area contributed by atoms with Crippen LogP contribution in [0.4, 0.5) is 11.8 Å². The average Bonchev–Trinajstić information content (AvgIpc) is 2.55. The van der Waals surface area contributed by atoms with Crippen molar-refractivity contribution in [2.24, 2.45) is 0 Å². The smallest absolute Gasteiger partial charge is 0.225 e. The Morgan fingerprint density at radius 3 is 2.39 bits per heavy atom. The van der Waals surface area contributed by atoms with Gasteiger partial charge >= 0.3 is 0 Å². The van der Waals surface area contributed by atoms with Gasteiger partial charge in [-0.1, -0.05) is 12.8 Å². The highest BCUT2D eigenvalue weighted by atomic mass is 15.2. The first kappa shape index (κ1) is 13.1. The van der Waals surface area contributed by atoms with Crippen LogP contribution in [0.2, 0.25) is 0 Å². The van der Waals surface area contributed by atoms with Crippen LogP contribution >= 0.6 is 0 Å². The molecule has 4 heteroatoms. The van der Waals surface area contributed by atoms with Crippen molar-refractivity contribution < 1.29 is 0 Å². The van der Waals surface area contributed by atoms with Gasteiger partial charge in [0.2, 0.25) is 5.95 Å². The molecular formula is C14H24N4. The van der Waals surface area contributed by atoms with Gasteiger partial charge in [0.25, 0.3) is 0 Å². The van der Waals surface area contributed by atoms with Crippen LogP contribution in [0.1, 0.15) is 46.5 Å². The van der Waals surface area contributed by atoms with Gasteiger partial charge < -0.3 is 10.2 Å². The number of nitrogens with one attached hydrogen (secondary N) is 1. The van der Waals surface area contributed by atoms with Gasteiger partial charge in [0.1, 0.15) is 5.82 Å². The van der Waals surface area contributed by atoms with Crippen molar-refractivity contribution in [2.75, 3.05) is 23.3 Å². The van der Waals surface area contributed by atoms with Crippen molar-refractivity contribution in [3.63, 3.8) is 0 Å². The molecule has 0 atom stereocenters. The second kappa shape index (κ2) is 5.55. The molecule has 2 heterocycles. The Kier molecular flexibility index (Phi) is 4.04. The Bertz CT molecular complexity index is 376. The Hall–Kier alpha value is -1.32. The molecule has 0 bridgehead atoms. The van der Waals surface area contributed by atoms with E-state index < -0.39 is 0 Å². The lowest BCUT2D eigenvalue weighted by Gasteiger charge is -2.24. The summed E-state index contributed by atoms with van der Waals surface area (Å²) in [6.45, 7) is 8.59. The number of nitrogens with zero attached hydrogens (tertiary/aromatic N) is 3. The third-order valence-electron chi connectivity index (χ3n) is 3.06. The molecule has 2 rings (SSSR count). The fourth-order valence-electron chi connectivity index (χ4n) is 2.22. The standard InChI is InChI=1S/C14H24N4/c1-14(2,3)17-13-15-9-8-12(16-13)18-10-6-4-5-7-11-18/h8-9H,4-7,10-11H2,1-3H3,(H,15,16,17). The minimum Gasteiger partial charge on any atom is -0.356 e. The summed E-state index contributed by atoms with van der Waals surface area (Å²) in [5.41, 5.74) is -0.00257. The minimum atomic E-state index is -0.00257. The molecule has 0 aromatic carbocycles. The molecule has 1 fully saturated rings. The molecule has 0 unspecified atom stereocenters. The molecule has 0 saturated carbocycles. The number of hydrogen-bond donors (Lipinski definition) is 1. The van der Waals surface area contributed by atoms with Gasteiger partial charge in [0, 0.05) is 24.8 Å². The van der Waals surface area contributed by atoms with Gasteiger partial charge in [-0.25, -0.2) is 4.98 Å². The summed E-state index contributed by atoms with van der Waals surface area (Å²) in [4.78, 5) is 11.3. The lowest BCUT2D eigenvalue weighted by atomic mass is 10.1. The van der Waals surface area contributed by atoms with Crippen molar-refractivity contribution in [3.8, 4) is 0 Å². The van der Waals surface area contributed by atoms with Gasteiger partial charge in [-0.3, -0.25) is 0 Å². The first-order valence-corrected chi connectivity index (χ1v) is 6.91. The molecule has 18 heavy (non-hydrogen) atoms. The van der Waals surface area contributed by atoms with E-state index in [0.717, 1.165) is 24.9 Å². The van der Waals surface area contributed by atoms with Crippen LogP contribution in [0.3, 0.4) is 0 Å². The van der Waals surface area contributed by atoms with Gasteiger partial charge in [-0.2, -0.15) is 4.98 Å². The van der Waals surface area contributed by atoms with Crippen LogP contribution in [0.25, 0.3) is 0 Å². The van der Waals surface area contributed by atoms with E-state index in [2.05, 4.69) is 41.0 Å². The number of aromatic nitrogens is 2. The molecule has 1 aromatic rings. The van der Waals surface area contributed by atoms with E-state index in [0.29, 0.717) is 0 Å². The Balaban J connectivity index is 2.10. The van der Waals surface area contributed by atoms with E-state index in [-0.39, 0.29) is 5.54 Å². The topological polar surface area (TPSA) is 41.1 Å². The second-order valence-electron chi connectivity index (χ2n) is 6.01. The Labute approximate surface area is 110 Å². The van der Waals surface area contributed by atoms with Crippen LogP contribution < -0.4 is 10.2 Å². The second-order valence-corrected chi connectivity index (χ2v) is 6.01. The maximum atomic E-state index is 4.63. The summed E-state index contributed by atoms with van der Waals surface area (Å²) in [7, 11) is 0. The molecule has 1 aliphatic rings. The third-order valence-corrected chi connectivity index (χ3v) is 3.06. The normalized spacial score (nSPS) is 17.4. The predicted octanol–water partition coefficient (Wildman–Crippen LogP) is 3.07. The van der Waals surface area contributed by atoms with E-state index in [4.69, 9.17) is 0 Å². The van der Waals surface area contributed by atoms with E-state index in [1.54, 1.807) is 0 Å². The molecule has 1 N–H and O–H groups in total. The summed E-state index contributed by atoms with van der Waals surface area (Å²) < 4.78 is 0. The van der Waals surface area contributed by atoms with E-state index in [1.807, 2.05) is 12.3 Å². The fourth-order valence-corrected chi connectivity index (χ4v) is 2.22. The van der Waals surface area contributed by atoms with Gasteiger partial charge in [-0.15, -0.1) is 0 Å².